The molecule has 21 heavy (non-hydrogen) atoms. The molecule has 5 heteroatoms. The quantitative estimate of drug-likeness (QED) is 0.788. The number of hydrogen-bond donors (Lipinski definition) is 0. The predicted molar refractivity (Wildman–Crippen MR) is 91.1 cm³/mol. The van der Waals surface area contributed by atoms with Crippen molar-refractivity contribution in [1.82, 2.24) is 4.90 Å². The molecular weight excluding hydrogens is 354 g/mol. The van der Waals surface area contributed by atoms with E-state index in [2.05, 4.69) is 39.9 Å². The molecule has 1 fully saturated rings. The first-order chi connectivity index (χ1) is 9.76. The zero-order chi connectivity index (χ0) is 14.1. The lowest BCUT2D eigenvalue weighted by atomic mass is 9.81. The normalized spacial score (nSPS) is 24.3. The van der Waals surface area contributed by atoms with Gasteiger partial charge in [0, 0.05) is 11.5 Å². The molecule has 0 bridgehead atoms. The van der Waals surface area contributed by atoms with E-state index in [-0.39, 0.29) is 12.4 Å². The van der Waals surface area contributed by atoms with Gasteiger partial charge in [0.2, 0.25) is 0 Å². The van der Waals surface area contributed by atoms with Crippen LogP contribution in [-0.2, 0) is 0 Å². The van der Waals surface area contributed by atoms with Crippen LogP contribution in [0.3, 0.4) is 0 Å². The summed E-state index contributed by atoms with van der Waals surface area (Å²) in [6.45, 7) is 5.42. The lowest BCUT2D eigenvalue weighted by Gasteiger charge is -2.44. The number of hydrogen-bond acceptors (Lipinski definition) is 3. The molecule has 0 aliphatic carbocycles. The fraction of sp³-hybridized carbons (Fsp3) is 0.625. The molecule has 1 aromatic carbocycles. The monoisotopic (exact) mass is 375 g/mol. The highest BCUT2D eigenvalue weighted by atomic mass is 79.9. The van der Waals surface area contributed by atoms with Gasteiger partial charge in [-0.2, -0.15) is 0 Å². The van der Waals surface area contributed by atoms with E-state index >= 15 is 0 Å². The first kappa shape index (κ1) is 16.9. The van der Waals surface area contributed by atoms with Gasteiger partial charge < -0.3 is 9.47 Å². The number of ether oxygens (including phenoxy) is 2. The Morgan fingerprint density at radius 3 is 2.95 bits per heavy atom. The maximum Gasteiger partial charge on any atom is 0.175 e. The van der Waals surface area contributed by atoms with Crippen molar-refractivity contribution >= 4 is 28.3 Å². The number of rotatable bonds is 3. The SMILES string of the molecule is CCCN1CCC[C@H]2c3ccc(Br)c(OC)c3OC[C@@H]21.Cl. The second-order valence-electron chi connectivity index (χ2n) is 5.66. The van der Waals surface area contributed by atoms with E-state index in [0.29, 0.717) is 12.0 Å². The highest BCUT2D eigenvalue weighted by Crippen LogP contribution is 2.47. The Labute approximate surface area is 141 Å². The molecule has 3 rings (SSSR count). The van der Waals surface area contributed by atoms with Crippen molar-refractivity contribution in [2.75, 3.05) is 26.8 Å². The highest BCUT2D eigenvalue weighted by Gasteiger charge is 2.38. The van der Waals surface area contributed by atoms with Gasteiger partial charge in [-0.05, 0) is 54.3 Å². The number of halogens is 2. The summed E-state index contributed by atoms with van der Waals surface area (Å²) >= 11 is 3.54. The molecule has 0 radical (unpaired) electrons. The van der Waals surface area contributed by atoms with Gasteiger partial charge >= 0.3 is 0 Å². The standard InChI is InChI=1S/C16H22BrNO2.ClH/c1-3-8-18-9-4-5-11-12-6-7-13(17)16(19-2)15(12)20-10-14(11)18;/h6-7,11,14H,3-5,8-10H2,1-2H3;1H/t11-,14-;/m0./s1. The van der Waals surface area contributed by atoms with Crippen molar-refractivity contribution in [3.8, 4) is 11.5 Å². The maximum absolute atomic E-state index is 6.08. The second kappa shape index (κ2) is 7.21. The molecule has 0 saturated carbocycles. The lowest BCUT2D eigenvalue weighted by Crippen LogP contribution is -2.49. The van der Waals surface area contributed by atoms with Crippen LogP contribution in [0.1, 0.15) is 37.7 Å². The molecule has 118 valence electrons. The molecule has 3 nitrogen and oxygen atoms in total. The number of fused-ring (bicyclic) bond motifs is 3. The topological polar surface area (TPSA) is 21.7 Å². The van der Waals surface area contributed by atoms with Gasteiger partial charge in [0.15, 0.2) is 11.5 Å². The van der Waals surface area contributed by atoms with E-state index in [1.807, 2.05) is 0 Å². The van der Waals surface area contributed by atoms with E-state index in [4.69, 9.17) is 9.47 Å². The third kappa shape index (κ3) is 3.03. The van der Waals surface area contributed by atoms with Crippen molar-refractivity contribution in [1.29, 1.82) is 0 Å². The summed E-state index contributed by atoms with van der Waals surface area (Å²) in [6.07, 6.45) is 3.74. The van der Waals surface area contributed by atoms with Gasteiger partial charge in [-0.25, -0.2) is 0 Å². The lowest BCUT2D eigenvalue weighted by molar-refractivity contribution is 0.0642. The third-order valence-corrected chi connectivity index (χ3v) is 5.13. The van der Waals surface area contributed by atoms with Crippen LogP contribution >= 0.6 is 28.3 Å². The van der Waals surface area contributed by atoms with E-state index < -0.39 is 0 Å². The molecule has 1 saturated heterocycles. The van der Waals surface area contributed by atoms with Crippen LogP contribution in [0.15, 0.2) is 16.6 Å². The van der Waals surface area contributed by atoms with Crippen LogP contribution in [0.25, 0.3) is 0 Å². The molecular formula is C16H23BrClNO2. The summed E-state index contributed by atoms with van der Waals surface area (Å²) in [5, 5.41) is 0. The second-order valence-corrected chi connectivity index (χ2v) is 6.52. The van der Waals surface area contributed by atoms with Gasteiger partial charge in [0.1, 0.15) is 6.61 Å². The number of methoxy groups -OCH3 is 1. The Balaban J connectivity index is 0.00000161. The van der Waals surface area contributed by atoms with Gasteiger partial charge in [-0.1, -0.05) is 13.0 Å². The number of piperidine rings is 1. The Kier molecular flexibility index (Phi) is 5.81. The molecule has 2 heterocycles. The zero-order valence-electron chi connectivity index (χ0n) is 12.6. The fourth-order valence-electron chi connectivity index (χ4n) is 3.63. The van der Waals surface area contributed by atoms with E-state index in [9.17, 15) is 0 Å². The summed E-state index contributed by atoms with van der Waals surface area (Å²) in [5.41, 5.74) is 1.32. The van der Waals surface area contributed by atoms with Crippen LogP contribution < -0.4 is 9.47 Å². The van der Waals surface area contributed by atoms with Gasteiger partial charge in [0.25, 0.3) is 0 Å². The molecule has 1 aromatic rings. The number of benzene rings is 1. The minimum absolute atomic E-state index is 0. The average molecular weight is 377 g/mol. The summed E-state index contributed by atoms with van der Waals surface area (Å²) in [6, 6.07) is 4.82. The summed E-state index contributed by atoms with van der Waals surface area (Å²) in [5.74, 6) is 2.37. The third-order valence-electron chi connectivity index (χ3n) is 4.50. The minimum atomic E-state index is 0. The Hall–Kier alpha value is -0.450. The van der Waals surface area contributed by atoms with E-state index in [1.165, 1.54) is 37.9 Å². The van der Waals surface area contributed by atoms with E-state index in [0.717, 1.165) is 22.6 Å². The average Bonchev–Trinajstić information content (AvgIpc) is 2.47. The molecule has 0 spiro atoms. The highest BCUT2D eigenvalue weighted by molar-refractivity contribution is 9.10. The summed E-state index contributed by atoms with van der Waals surface area (Å²) in [4.78, 5) is 2.60. The maximum atomic E-state index is 6.08. The summed E-state index contributed by atoms with van der Waals surface area (Å²) in [7, 11) is 1.71. The zero-order valence-corrected chi connectivity index (χ0v) is 15.0. The van der Waals surface area contributed by atoms with Crippen molar-refractivity contribution in [3.05, 3.63) is 22.2 Å². The van der Waals surface area contributed by atoms with Crippen LogP contribution in [0.5, 0.6) is 11.5 Å². The first-order valence-corrected chi connectivity index (χ1v) is 8.28. The minimum Gasteiger partial charge on any atom is -0.492 e. The van der Waals surface area contributed by atoms with Crippen LogP contribution in [0, 0.1) is 0 Å². The number of nitrogens with zero attached hydrogens (tertiary/aromatic N) is 1. The molecule has 2 aliphatic heterocycles. The molecule has 0 unspecified atom stereocenters. The fourth-order valence-corrected chi connectivity index (χ4v) is 4.10. The van der Waals surface area contributed by atoms with Crippen LogP contribution in [0.4, 0.5) is 0 Å². The van der Waals surface area contributed by atoms with Gasteiger partial charge in [-0.15, -0.1) is 12.4 Å². The number of likely N-dealkylation sites (tertiary alicyclic amines) is 1. The summed E-state index contributed by atoms with van der Waals surface area (Å²) < 4.78 is 12.6. The van der Waals surface area contributed by atoms with Gasteiger partial charge in [-0.3, -0.25) is 4.90 Å². The molecule has 2 aliphatic rings. The van der Waals surface area contributed by atoms with Crippen molar-refractivity contribution < 1.29 is 9.47 Å². The predicted octanol–water partition coefficient (Wildman–Crippen LogP) is 4.23. The Bertz CT molecular complexity index is 495. The molecule has 2 atom stereocenters. The van der Waals surface area contributed by atoms with E-state index in [1.54, 1.807) is 7.11 Å². The Morgan fingerprint density at radius 1 is 1.43 bits per heavy atom. The smallest absolute Gasteiger partial charge is 0.175 e. The van der Waals surface area contributed by atoms with Crippen molar-refractivity contribution in [3.63, 3.8) is 0 Å². The van der Waals surface area contributed by atoms with Crippen LogP contribution in [-0.4, -0.2) is 37.7 Å². The largest absolute Gasteiger partial charge is 0.492 e. The Morgan fingerprint density at radius 2 is 2.24 bits per heavy atom. The van der Waals surface area contributed by atoms with Gasteiger partial charge in [0.05, 0.1) is 17.6 Å². The van der Waals surface area contributed by atoms with Crippen molar-refractivity contribution in [2.45, 2.75) is 38.1 Å². The van der Waals surface area contributed by atoms with Crippen LogP contribution in [0.2, 0.25) is 0 Å². The molecule has 0 aromatic heterocycles. The molecule has 0 N–H and O–H groups in total. The molecule has 0 amide bonds. The first-order valence-electron chi connectivity index (χ1n) is 7.49. The van der Waals surface area contributed by atoms with Crippen molar-refractivity contribution in [2.24, 2.45) is 0 Å².